The van der Waals surface area contributed by atoms with Crippen molar-refractivity contribution in [3.05, 3.63) is 29.6 Å². The Bertz CT molecular complexity index is 607. The van der Waals surface area contributed by atoms with E-state index in [0.717, 1.165) is 51.3 Å². The number of halogens is 3. The molecule has 0 aromatic heterocycles. The van der Waals surface area contributed by atoms with E-state index in [1.54, 1.807) is 13.2 Å². The van der Waals surface area contributed by atoms with Gasteiger partial charge < -0.3 is 15.0 Å². The van der Waals surface area contributed by atoms with Crippen molar-refractivity contribution >= 4 is 30.7 Å². The van der Waals surface area contributed by atoms with E-state index in [4.69, 9.17) is 4.74 Å². The minimum atomic E-state index is -0.243. The fourth-order valence-electron chi connectivity index (χ4n) is 3.92. The maximum absolute atomic E-state index is 13.5. The molecule has 1 aromatic rings. The minimum Gasteiger partial charge on any atom is -0.496 e. The second kappa shape index (κ2) is 12.5. The van der Waals surface area contributed by atoms with Crippen LogP contribution in [0.4, 0.5) is 4.39 Å². The molecular weight excluding hydrogens is 404 g/mol. The zero-order chi connectivity index (χ0) is 18.4. The van der Waals surface area contributed by atoms with Crippen LogP contribution in [0, 0.1) is 11.7 Å². The Morgan fingerprint density at radius 3 is 2.50 bits per heavy atom. The zero-order valence-electron chi connectivity index (χ0n) is 16.5. The number of piperidine rings is 1. The van der Waals surface area contributed by atoms with Gasteiger partial charge in [0.25, 0.3) is 0 Å². The lowest BCUT2D eigenvalue weighted by atomic mass is 9.93. The molecule has 0 atom stereocenters. The SMILES string of the molecule is COc1ccc(F)cc1CN1CCN(C(=O)CCC2CCNCC2)CC1.Cl.Cl. The number of benzene rings is 1. The standard InChI is InChI=1S/C20H30FN3O2.2ClH/c1-26-19-4-3-18(21)14-17(19)15-23-10-12-24(13-11-23)20(25)5-2-16-6-8-22-9-7-16;;/h3-4,14,16,22H,2,5-13,15H2,1H3;2*1H. The van der Waals surface area contributed by atoms with Gasteiger partial charge in [0.15, 0.2) is 0 Å². The summed E-state index contributed by atoms with van der Waals surface area (Å²) in [5.74, 6) is 1.45. The predicted molar refractivity (Wildman–Crippen MR) is 114 cm³/mol. The number of piperazine rings is 1. The Kier molecular flexibility index (Phi) is 11.1. The normalized spacial score (nSPS) is 18.1. The summed E-state index contributed by atoms with van der Waals surface area (Å²) >= 11 is 0. The number of carbonyl (C=O) groups is 1. The molecule has 8 heteroatoms. The summed E-state index contributed by atoms with van der Waals surface area (Å²) in [4.78, 5) is 16.7. The first-order chi connectivity index (χ1) is 12.7. The Labute approximate surface area is 179 Å². The summed E-state index contributed by atoms with van der Waals surface area (Å²) in [6.45, 7) is 5.96. The van der Waals surface area contributed by atoms with Crippen LogP contribution in [0.15, 0.2) is 18.2 Å². The first-order valence-electron chi connectivity index (χ1n) is 9.69. The number of nitrogens with zero attached hydrogens (tertiary/aromatic N) is 2. The molecule has 2 saturated heterocycles. The molecule has 28 heavy (non-hydrogen) atoms. The van der Waals surface area contributed by atoms with Gasteiger partial charge in [0.05, 0.1) is 7.11 Å². The monoisotopic (exact) mass is 435 g/mol. The molecule has 2 heterocycles. The topological polar surface area (TPSA) is 44.8 Å². The van der Waals surface area contributed by atoms with Crippen molar-refractivity contribution in [2.45, 2.75) is 32.2 Å². The van der Waals surface area contributed by atoms with Gasteiger partial charge in [-0.2, -0.15) is 0 Å². The van der Waals surface area contributed by atoms with E-state index in [-0.39, 0.29) is 36.5 Å². The third-order valence-electron chi connectivity index (χ3n) is 5.59. The van der Waals surface area contributed by atoms with E-state index in [9.17, 15) is 9.18 Å². The van der Waals surface area contributed by atoms with E-state index in [0.29, 0.717) is 24.6 Å². The second-order valence-corrected chi connectivity index (χ2v) is 7.35. The number of carbonyl (C=O) groups excluding carboxylic acids is 1. The number of methoxy groups -OCH3 is 1. The fourth-order valence-corrected chi connectivity index (χ4v) is 3.92. The van der Waals surface area contributed by atoms with Gasteiger partial charge in [0.2, 0.25) is 5.91 Å². The van der Waals surface area contributed by atoms with Gasteiger partial charge in [-0.1, -0.05) is 0 Å². The highest BCUT2D eigenvalue weighted by molar-refractivity contribution is 5.85. The Morgan fingerprint density at radius 2 is 1.86 bits per heavy atom. The molecule has 0 saturated carbocycles. The van der Waals surface area contributed by atoms with E-state index in [1.807, 2.05) is 4.90 Å². The molecule has 160 valence electrons. The highest BCUT2D eigenvalue weighted by Crippen LogP contribution is 2.22. The van der Waals surface area contributed by atoms with Gasteiger partial charge in [-0.3, -0.25) is 9.69 Å². The number of hydrogen-bond acceptors (Lipinski definition) is 4. The average Bonchev–Trinajstić information content (AvgIpc) is 2.68. The zero-order valence-corrected chi connectivity index (χ0v) is 18.1. The third kappa shape index (κ3) is 7.07. The molecule has 1 aromatic carbocycles. The first kappa shape index (κ1) is 25.0. The number of nitrogens with one attached hydrogen (secondary N) is 1. The van der Waals surface area contributed by atoms with Gasteiger partial charge in [-0.25, -0.2) is 4.39 Å². The largest absolute Gasteiger partial charge is 0.496 e. The number of hydrogen-bond donors (Lipinski definition) is 1. The molecular formula is C20H32Cl2FN3O2. The summed E-state index contributed by atoms with van der Waals surface area (Å²) in [6.07, 6.45) is 4.07. The molecule has 1 amide bonds. The van der Waals surface area contributed by atoms with Crippen molar-refractivity contribution in [1.82, 2.24) is 15.1 Å². The van der Waals surface area contributed by atoms with Gasteiger partial charge in [0, 0.05) is 44.7 Å². The third-order valence-corrected chi connectivity index (χ3v) is 5.59. The molecule has 5 nitrogen and oxygen atoms in total. The van der Waals surface area contributed by atoms with E-state index in [2.05, 4.69) is 10.2 Å². The van der Waals surface area contributed by atoms with Crippen LogP contribution >= 0.6 is 24.8 Å². The van der Waals surface area contributed by atoms with Crippen molar-refractivity contribution in [2.24, 2.45) is 5.92 Å². The summed E-state index contributed by atoms with van der Waals surface area (Å²) in [5.41, 5.74) is 0.859. The van der Waals surface area contributed by atoms with Crippen LogP contribution in [0.2, 0.25) is 0 Å². The highest BCUT2D eigenvalue weighted by atomic mass is 35.5. The van der Waals surface area contributed by atoms with Crippen LogP contribution in [0.1, 0.15) is 31.2 Å². The summed E-state index contributed by atoms with van der Waals surface area (Å²) in [7, 11) is 1.61. The van der Waals surface area contributed by atoms with E-state index >= 15 is 0 Å². The Balaban J connectivity index is 0.00000196. The minimum absolute atomic E-state index is 0. The highest BCUT2D eigenvalue weighted by Gasteiger charge is 2.23. The van der Waals surface area contributed by atoms with Crippen molar-refractivity contribution in [1.29, 1.82) is 0 Å². The maximum atomic E-state index is 13.5. The molecule has 1 N–H and O–H groups in total. The summed E-state index contributed by atoms with van der Waals surface area (Å²) < 4.78 is 18.8. The molecule has 0 spiro atoms. The molecule has 3 rings (SSSR count). The van der Waals surface area contributed by atoms with Crippen LogP contribution in [0.25, 0.3) is 0 Å². The van der Waals surface area contributed by atoms with Crippen LogP contribution in [0.3, 0.4) is 0 Å². The smallest absolute Gasteiger partial charge is 0.222 e. The van der Waals surface area contributed by atoms with Gasteiger partial charge in [-0.15, -0.1) is 24.8 Å². The number of ether oxygens (including phenoxy) is 1. The van der Waals surface area contributed by atoms with Crippen molar-refractivity contribution < 1.29 is 13.9 Å². The molecule has 2 fully saturated rings. The van der Waals surface area contributed by atoms with Gasteiger partial charge in [0.1, 0.15) is 11.6 Å². The van der Waals surface area contributed by atoms with Gasteiger partial charge in [-0.05, 0) is 56.5 Å². The van der Waals surface area contributed by atoms with Crippen LogP contribution in [-0.2, 0) is 11.3 Å². The molecule has 0 radical (unpaired) electrons. The number of rotatable bonds is 6. The molecule has 0 unspecified atom stereocenters. The van der Waals surface area contributed by atoms with Gasteiger partial charge >= 0.3 is 0 Å². The Hall–Kier alpha value is -1.08. The molecule has 2 aliphatic rings. The van der Waals surface area contributed by atoms with Crippen molar-refractivity contribution in [2.75, 3.05) is 46.4 Å². The summed E-state index contributed by atoms with van der Waals surface area (Å²) in [5, 5.41) is 3.37. The lowest BCUT2D eigenvalue weighted by Crippen LogP contribution is -2.48. The van der Waals surface area contributed by atoms with Crippen molar-refractivity contribution in [3.63, 3.8) is 0 Å². The number of amides is 1. The lowest BCUT2D eigenvalue weighted by Gasteiger charge is -2.35. The first-order valence-corrected chi connectivity index (χ1v) is 9.69. The molecule has 0 aliphatic carbocycles. The summed E-state index contributed by atoms with van der Waals surface area (Å²) in [6, 6.07) is 4.63. The average molecular weight is 436 g/mol. The molecule has 2 aliphatic heterocycles. The maximum Gasteiger partial charge on any atom is 0.222 e. The fraction of sp³-hybridized carbons (Fsp3) is 0.650. The van der Waals surface area contributed by atoms with E-state index in [1.165, 1.54) is 25.0 Å². The Morgan fingerprint density at radius 1 is 1.18 bits per heavy atom. The molecule has 0 bridgehead atoms. The quantitative estimate of drug-likeness (QED) is 0.745. The van der Waals surface area contributed by atoms with Crippen molar-refractivity contribution in [3.8, 4) is 5.75 Å². The second-order valence-electron chi connectivity index (χ2n) is 7.35. The predicted octanol–water partition coefficient (Wildman–Crippen LogP) is 3.10. The van der Waals surface area contributed by atoms with Crippen LogP contribution < -0.4 is 10.1 Å². The van der Waals surface area contributed by atoms with Crippen LogP contribution in [-0.4, -0.2) is 62.1 Å². The van der Waals surface area contributed by atoms with Crippen LogP contribution in [0.5, 0.6) is 5.75 Å². The lowest BCUT2D eigenvalue weighted by molar-refractivity contribution is -0.133. The van der Waals surface area contributed by atoms with E-state index < -0.39 is 0 Å².